The van der Waals surface area contributed by atoms with Crippen LogP contribution in [0.2, 0.25) is 0 Å². The first-order chi connectivity index (χ1) is 4.27. The lowest BCUT2D eigenvalue weighted by molar-refractivity contribution is -0.133. The van der Waals surface area contributed by atoms with Gasteiger partial charge in [-0.1, -0.05) is 26.2 Å². The molecule has 0 fully saturated rings. The Labute approximate surface area is 55.9 Å². The summed E-state index contributed by atoms with van der Waals surface area (Å²) in [6.45, 7) is 2.10. The van der Waals surface area contributed by atoms with Crippen LogP contribution in [0.4, 0.5) is 0 Å². The van der Waals surface area contributed by atoms with Gasteiger partial charge in [0.25, 0.3) is 0 Å². The average Bonchev–Trinajstić information content (AvgIpc) is 1.80. The van der Waals surface area contributed by atoms with Crippen LogP contribution in [0.5, 0.6) is 0 Å². The summed E-state index contributed by atoms with van der Waals surface area (Å²) in [5.41, 5.74) is 0. The Morgan fingerprint density at radius 3 is 2.67 bits per heavy atom. The van der Waals surface area contributed by atoms with E-state index in [0.717, 1.165) is 19.3 Å². The molecule has 1 radical (unpaired) electrons. The number of hydrogen-bond acceptors (Lipinski definition) is 1. The zero-order chi connectivity index (χ0) is 7.11. The molecule has 0 spiro atoms. The minimum atomic E-state index is -0.800. The van der Waals surface area contributed by atoms with Gasteiger partial charge in [-0.3, -0.25) is 4.79 Å². The maximum Gasteiger partial charge on any atom is 0.307 e. The van der Waals surface area contributed by atoms with E-state index >= 15 is 0 Å². The van der Waals surface area contributed by atoms with Gasteiger partial charge in [-0.15, -0.1) is 0 Å². The predicted molar refractivity (Wildman–Crippen MR) is 36.1 cm³/mol. The van der Waals surface area contributed by atoms with Crippen molar-refractivity contribution in [3.63, 3.8) is 0 Å². The van der Waals surface area contributed by atoms with Crippen molar-refractivity contribution in [3.05, 3.63) is 6.42 Å². The Hall–Kier alpha value is -0.530. The molecular weight excluding hydrogens is 116 g/mol. The molecule has 0 aromatic heterocycles. The molecule has 0 amide bonds. The van der Waals surface area contributed by atoms with Crippen LogP contribution in [-0.4, -0.2) is 11.1 Å². The van der Waals surface area contributed by atoms with Crippen molar-refractivity contribution in [2.45, 2.75) is 32.6 Å². The lowest BCUT2D eigenvalue weighted by atomic mass is 10.2. The second-order valence-electron chi connectivity index (χ2n) is 2.04. The monoisotopic (exact) mass is 129 g/mol. The molecule has 0 saturated heterocycles. The molecule has 1 N–H and O–H groups in total. The summed E-state index contributed by atoms with van der Waals surface area (Å²) in [6.07, 6.45) is 5.30. The van der Waals surface area contributed by atoms with Gasteiger partial charge >= 0.3 is 5.97 Å². The largest absolute Gasteiger partial charge is 0.481 e. The van der Waals surface area contributed by atoms with E-state index in [1.807, 2.05) is 0 Å². The van der Waals surface area contributed by atoms with E-state index in [4.69, 9.17) is 5.11 Å². The third kappa shape index (κ3) is 7.47. The van der Waals surface area contributed by atoms with Crippen molar-refractivity contribution >= 4 is 5.97 Å². The highest BCUT2D eigenvalue weighted by Gasteiger charge is 1.94. The van der Waals surface area contributed by atoms with E-state index in [0.29, 0.717) is 6.42 Å². The Morgan fingerprint density at radius 1 is 1.56 bits per heavy atom. The molecular formula is C7H13O2. The van der Waals surface area contributed by atoms with Crippen LogP contribution in [0.15, 0.2) is 0 Å². The fourth-order valence-corrected chi connectivity index (χ4v) is 0.620. The lowest BCUT2D eigenvalue weighted by Crippen LogP contribution is -1.94. The molecule has 0 aliphatic heterocycles. The van der Waals surface area contributed by atoms with Gasteiger partial charge in [0.1, 0.15) is 0 Å². The fourth-order valence-electron chi connectivity index (χ4n) is 0.620. The van der Waals surface area contributed by atoms with E-state index in [1.54, 1.807) is 0 Å². The Bertz CT molecular complexity index is 79.0. The number of hydrogen-bond donors (Lipinski definition) is 1. The minimum absolute atomic E-state index is 0.711. The Balaban J connectivity index is 2.83. The topological polar surface area (TPSA) is 37.3 Å². The zero-order valence-corrected chi connectivity index (χ0v) is 5.76. The van der Waals surface area contributed by atoms with Gasteiger partial charge in [-0.25, -0.2) is 0 Å². The molecule has 0 aliphatic rings. The number of rotatable bonds is 5. The first-order valence-corrected chi connectivity index (χ1v) is 3.33. The van der Waals surface area contributed by atoms with E-state index in [-0.39, 0.29) is 0 Å². The predicted octanol–water partition coefficient (Wildman–Crippen LogP) is 1.86. The quantitative estimate of drug-likeness (QED) is 0.575. The summed E-state index contributed by atoms with van der Waals surface area (Å²) in [5.74, 6) is -0.800. The fraction of sp³-hybridized carbons (Fsp3) is 0.714. The van der Waals surface area contributed by atoms with E-state index in [2.05, 4.69) is 6.92 Å². The smallest absolute Gasteiger partial charge is 0.307 e. The standard InChI is InChI=1S/C7H13O2/c1-2-3-4-5-6-7(8)9/h6H,2-5H2,1H3,(H,8,9). The number of carboxylic acids is 1. The van der Waals surface area contributed by atoms with Gasteiger partial charge in [-0.05, 0) is 6.42 Å². The highest BCUT2D eigenvalue weighted by atomic mass is 16.4. The van der Waals surface area contributed by atoms with Gasteiger partial charge in [0.05, 0.1) is 6.42 Å². The molecule has 0 aliphatic carbocycles. The lowest BCUT2D eigenvalue weighted by Gasteiger charge is -1.92. The molecule has 0 heterocycles. The van der Waals surface area contributed by atoms with Gasteiger partial charge in [0.2, 0.25) is 0 Å². The van der Waals surface area contributed by atoms with Crippen LogP contribution in [0.1, 0.15) is 32.6 Å². The number of aliphatic carboxylic acids is 1. The van der Waals surface area contributed by atoms with E-state index in [1.165, 1.54) is 6.42 Å². The first-order valence-electron chi connectivity index (χ1n) is 3.33. The average molecular weight is 129 g/mol. The third-order valence-corrected chi connectivity index (χ3v) is 1.13. The maximum atomic E-state index is 9.91. The van der Waals surface area contributed by atoms with Crippen LogP contribution in [0.25, 0.3) is 0 Å². The van der Waals surface area contributed by atoms with Gasteiger partial charge in [0, 0.05) is 0 Å². The summed E-state index contributed by atoms with van der Waals surface area (Å²) in [4.78, 5) is 9.91. The van der Waals surface area contributed by atoms with E-state index in [9.17, 15) is 4.79 Å². The second-order valence-corrected chi connectivity index (χ2v) is 2.04. The van der Waals surface area contributed by atoms with Crippen molar-refractivity contribution in [1.82, 2.24) is 0 Å². The number of carboxylic acid groups (broad SMARTS) is 1. The van der Waals surface area contributed by atoms with Gasteiger partial charge < -0.3 is 5.11 Å². The highest BCUT2D eigenvalue weighted by Crippen LogP contribution is 2.00. The number of unbranched alkanes of at least 4 members (excludes halogenated alkanes) is 3. The second kappa shape index (κ2) is 5.60. The van der Waals surface area contributed by atoms with Crippen molar-refractivity contribution < 1.29 is 9.90 Å². The molecule has 0 unspecified atom stereocenters. The molecule has 0 aromatic rings. The van der Waals surface area contributed by atoms with Crippen LogP contribution in [0, 0.1) is 6.42 Å². The zero-order valence-electron chi connectivity index (χ0n) is 5.76. The highest BCUT2D eigenvalue weighted by molar-refractivity contribution is 5.76. The minimum Gasteiger partial charge on any atom is -0.481 e. The molecule has 2 nitrogen and oxygen atoms in total. The van der Waals surface area contributed by atoms with Crippen LogP contribution < -0.4 is 0 Å². The van der Waals surface area contributed by atoms with Gasteiger partial charge in [0.15, 0.2) is 0 Å². The molecule has 0 saturated carbocycles. The van der Waals surface area contributed by atoms with Crippen molar-refractivity contribution in [2.24, 2.45) is 0 Å². The van der Waals surface area contributed by atoms with Crippen molar-refractivity contribution in [1.29, 1.82) is 0 Å². The summed E-state index contributed by atoms with van der Waals surface area (Å²) < 4.78 is 0. The molecule has 0 aromatic carbocycles. The number of carbonyl (C=O) groups is 1. The normalized spacial score (nSPS) is 9.44. The molecule has 2 heteroatoms. The van der Waals surface area contributed by atoms with Gasteiger partial charge in [-0.2, -0.15) is 0 Å². The molecule has 9 heavy (non-hydrogen) atoms. The first kappa shape index (κ1) is 8.47. The van der Waals surface area contributed by atoms with Crippen molar-refractivity contribution in [3.8, 4) is 0 Å². The summed E-state index contributed by atoms with van der Waals surface area (Å²) in [7, 11) is 0. The summed E-state index contributed by atoms with van der Waals surface area (Å²) >= 11 is 0. The molecule has 0 atom stereocenters. The molecule has 0 bridgehead atoms. The molecule has 53 valence electrons. The Morgan fingerprint density at radius 2 is 2.22 bits per heavy atom. The summed E-state index contributed by atoms with van der Waals surface area (Å²) in [6, 6.07) is 0. The van der Waals surface area contributed by atoms with Crippen LogP contribution in [0.3, 0.4) is 0 Å². The summed E-state index contributed by atoms with van der Waals surface area (Å²) in [5, 5.41) is 8.16. The third-order valence-electron chi connectivity index (χ3n) is 1.13. The van der Waals surface area contributed by atoms with Crippen LogP contribution >= 0.6 is 0 Å². The van der Waals surface area contributed by atoms with Crippen molar-refractivity contribution in [2.75, 3.05) is 0 Å². The van der Waals surface area contributed by atoms with Crippen LogP contribution in [-0.2, 0) is 4.79 Å². The SMILES string of the molecule is CCCCC[CH]C(=O)O. The maximum absolute atomic E-state index is 9.91. The molecule has 0 rings (SSSR count). The Kier molecular flexibility index (Phi) is 5.27. The van der Waals surface area contributed by atoms with E-state index < -0.39 is 5.97 Å².